The Morgan fingerprint density at radius 2 is 1.61 bits per heavy atom. The third-order valence-corrected chi connectivity index (χ3v) is 8.90. The lowest BCUT2D eigenvalue weighted by Crippen LogP contribution is -2.40. The van der Waals surface area contributed by atoms with Crippen molar-refractivity contribution in [2.24, 2.45) is 0 Å². The highest BCUT2D eigenvalue weighted by molar-refractivity contribution is 7.89. The second-order valence-corrected chi connectivity index (χ2v) is 11.8. The van der Waals surface area contributed by atoms with E-state index in [2.05, 4.69) is 25.7 Å². The molecule has 10 heteroatoms. The number of furan rings is 1. The maximum Gasteiger partial charge on any atom is 0.323 e. The van der Waals surface area contributed by atoms with E-state index in [-0.39, 0.29) is 17.2 Å². The van der Waals surface area contributed by atoms with Crippen molar-refractivity contribution in [3.05, 3.63) is 78.1 Å². The minimum absolute atomic E-state index is 0.0431. The van der Waals surface area contributed by atoms with Gasteiger partial charge in [0, 0.05) is 35.4 Å². The van der Waals surface area contributed by atoms with Gasteiger partial charge in [0.25, 0.3) is 5.91 Å². The van der Waals surface area contributed by atoms with Gasteiger partial charge in [-0.15, -0.1) is 0 Å². The molecule has 0 spiro atoms. The highest BCUT2D eigenvalue weighted by Gasteiger charge is 2.25. The van der Waals surface area contributed by atoms with Crippen LogP contribution in [-0.4, -0.2) is 46.5 Å². The lowest BCUT2D eigenvalue weighted by Gasteiger charge is -2.18. The number of nitrogens with one attached hydrogen (secondary N) is 2. The Morgan fingerprint density at radius 1 is 0.976 bits per heavy atom. The van der Waals surface area contributed by atoms with Crippen molar-refractivity contribution < 1.29 is 27.2 Å². The molecule has 1 saturated heterocycles. The molecule has 0 radical (unpaired) electrons. The Balaban J connectivity index is 1.29. The molecule has 1 atom stereocenters. The summed E-state index contributed by atoms with van der Waals surface area (Å²) in [7, 11) is -2.69. The van der Waals surface area contributed by atoms with Crippen molar-refractivity contribution in [2.45, 2.75) is 44.0 Å². The number of fused-ring (bicyclic) bond motifs is 1. The van der Waals surface area contributed by atoms with Gasteiger partial charge in [-0.25, -0.2) is 8.42 Å². The summed E-state index contributed by atoms with van der Waals surface area (Å²) in [5.41, 5.74) is 4.87. The molecule has 1 unspecified atom stereocenters. The van der Waals surface area contributed by atoms with Crippen molar-refractivity contribution in [3.8, 4) is 11.1 Å². The average Bonchev–Trinajstić information content (AvgIpc) is 3.64. The number of methoxy groups -OCH3 is 1. The SMILES string of the molecule is CCC(NS(=O)(=O)c1ccc(-c2ccc(NC(=O)c3oc4cccc(N5CCCC5)c4c3C)cc2)cc1)C(=O)OC. The lowest BCUT2D eigenvalue weighted by molar-refractivity contribution is -0.142. The number of benzene rings is 3. The molecule has 0 saturated carbocycles. The lowest BCUT2D eigenvalue weighted by atomic mass is 10.1. The Bertz CT molecular complexity index is 1670. The third-order valence-electron chi connectivity index (χ3n) is 7.42. The molecule has 2 N–H and O–H groups in total. The largest absolute Gasteiger partial charge is 0.468 e. The van der Waals surface area contributed by atoms with Crippen LogP contribution in [0.5, 0.6) is 0 Å². The van der Waals surface area contributed by atoms with E-state index < -0.39 is 22.0 Å². The van der Waals surface area contributed by atoms with Crippen LogP contribution < -0.4 is 14.9 Å². The zero-order valence-electron chi connectivity index (χ0n) is 23.3. The van der Waals surface area contributed by atoms with Crippen LogP contribution in [0, 0.1) is 6.92 Å². The quantitative estimate of drug-likeness (QED) is 0.253. The van der Waals surface area contributed by atoms with Crippen LogP contribution in [0.3, 0.4) is 0 Å². The Labute approximate surface area is 239 Å². The van der Waals surface area contributed by atoms with E-state index in [0.717, 1.165) is 53.7 Å². The molecule has 2 heterocycles. The summed E-state index contributed by atoms with van der Waals surface area (Å²) in [5.74, 6) is -0.668. The maximum atomic E-state index is 13.2. The van der Waals surface area contributed by atoms with Gasteiger partial charge in [0.15, 0.2) is 5.76 Å². The van der Waals surface area contributed by atoms with Gasteiger partial charge in [-0.3, -0.25) is 9.59 Å². The normalized spacial score (nSPS) is 14.3. The van der Waals surface area contributed by atoms with Crippen LogP contribution in [0.2, 0.25) is 0 Å². The molecule has 41 heavy (non-hydrogen) atoms. The predicted molar refractivity (Wildman–Crippen MR) is 159 cm³/mol. The molecule has 1 fully saturated rings. The molecular weight excluding hydrogens is 542 g/mol. The van der Waals surface area contributed by atoms with Crippen molar-refractivity contribution >= 4 is 44.2 Å². The highest BCUT2D eigenvalue weighted by atomic mass is 32.2. The number of rotatable bonds is 9. The van der Waals surface area contributed by atoms with Gasteiger partial charge in [-0.05, 0) is 73.7 Å². The van der Waals surface area contributed by atoms with Crippen LogP contribution in [-0.2, 0) is 19.6 Å². The standard InChI is InChI=1S/C31H33N3O6S/c1-4-25(31(36)39-3)33-41(37,38)24-16-12-22(13-17-24)21-10-14-23(15-11-21)32-30(35)29-20(2)28-26(34-18-5-6-19-34)8-7-9-27(28)40-29/h7-17,25,33H,4-6,18-19H2,1-3H3,(H,32,35). The Kier molecular flexibility index (Phi) is 8.14. The van der Waals surface area contributed by atoms with Crippen molar-refractivity contribution in [1.29, 1.82) is 0 Å². The molecular formula is C31H33N3O6S. The van der Waals surface area contributed by atoms with Crippen LogP contribution in [0.15, 0.2) is 76.0 Å². The predicted octanol–water partition coefficient (Wildman–Crippen LogP) is 5.49. The Morgan fingerprint density at radius 3 is 2.22 bits per heavy atom. The first kappa shape index (κ1) is 28.4. The fourth-order valence-corrected chi connectivity index (χ4v) is 6.44. The molecule has 3 aromatic carbocycles. The fraction of sp³-hybridized carbons (Fsp3) is 0.290. The summed E-state index contributed by atoms with van der Waals surface area (Å²) in [6.07, 6.45) is 2.59. The number of carbonyl (C=O) groups excluding carboxylic acids is 2. The summed E-state index contributed by atoms with van der Waals surface area (Å²) in [4.78, 5) is 27.4. The molecule has 0 bridgehead atoms. The summed E-state index contributed by atoms with van der Waals surface area (Å²) in [6, 6.07) is 18.6. The van der Waals surface area contributed by atoms with E-state index in [0.29, 0.717) is 17.0 Å². The number of nitrogens with zero attached hydrogens (tertiary/aromatic N) is 1. The fourth-order valence-electron chi connectivity index (χ4n) is 5.18. The minimum Gasteiger partial charge on any atom is -0.468 e. The molecule has 1 amide bonds. The Hall–Kier alpha value is -4.15. The van der Waals surface area contributed by atoms with Crippen molar-refractivity contribution in [3.63, 3.8) is 0 Å². The second kappa shape index (κ2) is 11.8. The topological polar surface area (TPSA) is 118 Å². The summed E-state index contributed by atoms with van der Waals surface area (Å²) < 4.78 is 38.5. The number of hydrogen-bond donors (Lipinski definition) is 2. The van der Waals surface area contributed by atoms with Crippen LogP contribution in [0.1, 0.15) is 42.3 Å². The molecule has 214 valence electrons. The first-order chi connectivity index (χ1) is 19.7. The summed E-state index contributed by atoms with van der Waals surface area (Å²) >= 11 is 0. The highest BCUT2D eigenvalue weighted by Crippen LogP contribution is 2.35. The van der Waals surface area contributed by atoms with Crippen LogP contribution >= 0.6 is 0 Å². The van der Waals surface area contributed by atoms with E-state index in [1.807, 2.05) is 31.2 Å². The second-order valence-electron chi connectivity index (χ2n) is 10.1. The van der Waals surface area contributed by atoms with Gasteiger partial charge in [0.1, 0.15) is 11.6 Å². The molecule has 5 rings (SSSR count). The number of anilines is 2. The zero-order chi connectivity index (χ0) is 29.1. The number of esters is 1. The van der Waals surface area contributed by atoms with Crippen molar-refractivity contribution in [1.82, 2.24) is 4.72 Å². The molecule has 9 nitrogen and oxygen atoms in total. The number of amides is 1. The van der Waals surface area contributed by atoms with E-state index in [1.54, 1.807) is 31.2 Å². The first-order valence-corrected chi connectivity index (χ1v) is 15.1. The molecule has 1 aliphatic rings. The summed E-state index contributed by atoms with van der Waals surface area (Å²) in [5, 5.41) is 3.90. The smallest absolute Gasteiger partial charge is 0.323 e. The number of hydrogen-bond acceptors (Lipinski definition) is 7. The van der Waals surface area contributed by atoms with Crippen LogP contribution in [0.25, 0.3) is 22.1 Å². The number of ether oxygens (including phenoxy) is 1. The van der Waals surface area contributed by atoms with E-state index in [1.165, 1.54) is 19.2 Å². The molecule has 1 aliphatic heterocycles. The third kappa shape index (κ3) is 5.84. The average molecular weight is 576 g/mol. The van der Waals surface area contributed by atoms with Gasteiger partial charge < -0.3 is 19.4 Å². The van der Waals surface area contributed by atoms with Crippen molar-refractivity contribution in [2.75, 3.05) is 30.4 Å². The minimum atomic E-state index is -3.90. The monoisotopic (exact) mass is 575 g/mol. The zero-order valence-corrected chi connectivity index (χ0v) is 24.1. The maximum absolute atomic E-state index is 13.2. The molecule has 4 aromatic rings. The molecule has 0 aliphatic carbocycles. The van der Waals surface area contributed by atoms with Gasteiger partial charge in [0.2, 0.25) is 10.0 Å². The number of aryl methyl sites for hydroxylation is 1. The number of carbonyl (C=O) groups is 2. The van der Waals surface area contributed by atoms with Gasteiger partial charge in [-0.2, -0.15) is 4.72 Å². The van der Waals surface area contributed by atoms with Gasteiger partial charge in [0.05, 0.1) is 12.0 Å². The van der Waals surface area contributed by atoms with Gasteiger partial charge >= 0.3 is 5.97 Å². The van der Waals surface area contributed by atoms with E-state index in [9.17, 15) is 18.0 Å². The molecule has 1 aromatic heterocycles. The summed E-state index contributed by atoms with van der Waals surface area (Å²) in [6.45, 7) is 5.62. The first-order valence-electron chi connectivity index (χ1n) is 13.6. The van der Waals surface area contributed by atoms with E-state index in [4.69, 9.17) is 4.42 Å². The van der Waals surface area contributed by atoms with Crippen LogP contribution in [0.4, 0.5) is 11.4 Å². The number of sulfonamides is 1. The van der Waals surface area contributed by atoms with Gasteiger partial charge in [-0.1, -0.05) is 37.3 Å². The van der Waals surface area contributed by atoms with E-state index >= 15 is 0 Å².